The van der Waals surface area contributed by atoms with Crippen molar-refractivity contribution in [3.63, 3.8) is 0 Å². The van der Waals surface area contributed by atoms with Gasteiger partial charge in [-0.1, -0.05) is 0 Å². The van der Waals surface area contributed by atoms with Crippen LogP contribution in [0.2, 0.25) is 0 Å². The Hall–Kier alpha value is -3.19. The molecule has 0 fully saturated rings. The lowest BCUT2D eigenvalue weighted by atomic mass is 10.2. The van der Waals surface area contributed by atoms with Gasteiger partial charge in [0.05, 0.1) is 11.3 Å². The first-order valence-corrected chi connectivity index (χ1v) is 5.17. The van der Waals surface area contributed by atoms with Gasteiger partial charge in [-0.15, -0.1) is 0 Å². The molecule has 0 spiro atoms. The van der Waals surface area contributed by atoms with E-state index in [1.165, 1.54) is 23.0 Å². The molecule has 0 radical (unpaired) electrons. The van der Waals surface area contributed by atoms with Gasteiger partial charge in [0.15, 0.2) is 11.4 Å². The maximum absolute atomic E-state index is 10.9. The van der Waals surface area contributed by atoms with Crippen LogP contribution in [0, 0.1) is 29.6 Å². The maximum atomic E-state index is 10.9. The summed E-state index contributed by atoms with van der Waals surface area (Å²) >= 11 is 0. The van der Waals surface area contributed by atoms with Crippen molar-refractivity contribution in [3.8, 4) is 18.0 Å². The molecule has 0 saturated carbocycles. The highest BCUT2D eigenvalue weighted by molar-refractivity contribution is 5.88. The van der Waals surface area contributed by atoms with E-state index in [1.54, 1.807) is 13.0 Å². The summed E-state index contributed by atoms with van der Waals surface area (Å²) in [6.07, 6.45) is 1.30. The third-order valence-electron chi connectivity index (χ3n) is 2.53. The van der Waals surface area contributed by atoms with E-state index in [9.17, 15) is 4.79 Å². The largest absolute Gasteiger partial charge is 0.478 e. The monoisotopic (exact) mass is 253 g/mol. The Morgan fingerprint density at radius 2 is 2.11 bits per heavy atom. The second-order valence-corrected chi connectivity index (χ2v) is 3.64. The molecule has 0 saturated heterocycles. The number of carboxylic acids is 1. The van der Waals surface area contributed by atoms with Crippen molar-refractivity contribution in [2.75, 3.05) is 0 Å². The van der Waals surface area contributed by atoms with E-state index in [0.717, 1.165) is 0 Å². The molecule has 0 unspecified atom stereocenters. The molecular formula is C12H7N5O2. The fourth-order valence-corrected chi connectivity index (χ4v) is 1.62. The first-order chi connectivity index (χ1) is 9.08. The van der Waals surface area contributed by atoms with Gasteiger partial charge in [0.2, 0.25) is 0 Å². The van der Waals surface area contributed by atoms with Crippen LogP contribution in [0.25, 0.3) is 5.82 Å². The molecule has 0 aliphatic carbocycles. The molecule has 7 heteroatoms. The summed E-state index contributed by atoms with van der Waals surface area (Å²) in [5, 5.41) is 26.7. The second-order valence-electron chi connectivity index (χ2n) is 3.64. The lowest BCUT2D eigenvalue weighted by Gasteiger charge is -2.05. The number of hydrogen-bond donors (Lipinski definition) is 1. The molecule has 19 heavy (non-hydrogen) atoms. The molecule has 2 rings (SSSR count). The van der Waals surface area contributed by atoms with Crippen LogP contribution in [-0.2, 0) is 0 Å². The Balaban J connectivity index is 2.59. The summed E-state index contributed by atoms with van der Waals surface area (Å²) in [6.45, 7) is 1.56. The molecular weight excluding hydrogens is 246 g/mol. The van der Waals surface area contributed by atoms with E-state index < -0.39 is 5.97 Å². The molecule has 0 atom stereocenters. The van der Waals surface area contributed by atoms with E-state index in [4.69, 9.17) is 15.6 Å². The van der Waals surface area contributed by atoms with Crippen molar-refractivity contribution < 1.29 is 9.90 Å². The number of aryl methyl sites for hydroxylation is 1. The van der Waals surface area contributed by atoms with Gasteiger partial charge in [0.1, 0.15) is 24.3 Å². The van der Waals surface area contributed by atoms with Gasteiger partial charge in [0.25, 0.3) is 0 Å². The fraction of sp³-hybridized carbons (Fsp3) is 0.0833. The lowest BCUT2D eigenvalue weighted by molar-refractivity contribution is 0.0695. The van der Waals surface area contributed by atoms with Crippen molar-refractivity contribution >= 4 is 5.97 Å². The highest BCUT2D eigenvalue weighted by Gasteiger charge is 2.14. The molecule has 2 aromatic rings. The summed E-state index contributed by atoms with van der Waals surface area (Å²) in [7, 11) is 0. The minimum atomic E-state index is -1.07. The number of aromatic nitrogens is 3. The first-order valence-electron chi connectivity index (χ1n) is 5.17. The van der Waals surface area contributed by atoms with Gasteiger partial charge in [-0.25, -0.2) is 14.8 Å². The van der Waals surface area contributed by atoms with Gasteiger partial charge < -0.3 is 5.11 Å². The quantitative estimate of drug-likeness (QED) is 0.853. The van der Waals surface area contributed by atoms with Gasteiger partial charge in [-0.05, 0) is 19.1 Å². The van der Waals surface area contributed by atoms with Gasteiger partial charge in [-0.2, -0.15) is 10.5 Å². The highest BCUT2D eigenvalue weighted by Crippen LogP contribution is 2.14. The number of carboxylic acid groups (broad SMARTS) is 1. The molecule has 0 aliphatic heterocycles. The van der Waals surface area contributed by atoms with Crippen LogP contribution < -0.4 is 0 Å². The minimum absolute atomic E-state index is 0.00395. The number of carbonyl (C=O) groups is 1. The Morgan fingerprint density at radius 1 is 1.37 bits per heavy atom. The molecule has 0 aromatic carbocycles. The average Bonchev–Trinajstić information content (AvgIpc) is 2.80. The molecule has 0 bridgehead atoms. The van der Waals surface area contributed by atoms with Crippen LogP contribution in [0.5, 0.6) is 0 Å². The van der Waals surface area contributed by atoms with Crippen LogP contribution in [-0.4, -0.2) is 25.6 Å². The summed E-state index contributed by atoms with van der Waals surface area (Å²) in [5.74, 6) is -0.728. The summed E-state index contributed by atoms with van der Waals surface area (Å²) in [6, 6.07) is 6.53. The number of aromatic carboxylic acids is 1. The topological polar surface area (TPSA) is 116 Å². The van der Waals surface area contributed by atoms with Crippen molar-refractivity contribution in [2.45, 2.75) is 6.92 Å². The third-order valence-corrected chi connectivity index (χ3v) is 2.53. The normalized spacial score (nSPS) is 9.63. The van der Waals surface area contributed by atoms with Crippen LogP contribution in [0.15, 0.2) is 18.5 Å². The van der Waals surface area contributed by atoms with Gasteiger partial charge >= 0.3 is 5.97 Å². The van der Waals surface area contributed by atoms with E-state index in [0.29, 0.717) is 11.5 Å². The van der Waals surface area contributed by atoms with Crippen LogP contribution in [0.1, 0.15) is 27.4 Å². The Labute approximate surface area is 108 Å². The standard InChI is InChI=1S/C12H7N5O2/c1-7-8(12(18)19)2-3-11(16-7)17-6-15-9(4-13)10(17)5-14/h2-3,6H,1H3,(H,18,19). The van der Waals surface area contributed by atoms with E-state index >= 15 is 0 Å². The SMILES string of the molecule is Cc1nc(-n2cnc(C#N)c2C#N)ccc1C(=O)O. The van der Waals surface area contributed by atoms with Gasteiger partial charge in [0, 0.05) is 0 Å². The Morgan fingerprint density at radius 3 is 2.63 bits per heavy atom. The molecule has 2 aromatic heterocycles. The van der Waals surface area contributed by atoms with Crippen molar-refractivity contribution in [1.29, 1.82) is 10.5 Å². The number of hydrogen-bond acceptors (Lipinski definition) is 5. The minimum Gasteiger partial charge on any atom is -0.478 e. The molecule has 7 nitrogen and oxygen atoms in total. The van der Waals surface area contributed by atoms with Crippen LogP contribution >= 0.6 is 0 Å². The van der Waals surface area contributed by atoms with E-state index in [2.05, 4.69) is 9.97 Å². The average molecular weight is 253 g/mol. The predicted molar refractivity (Wildman–Crippen MR) is 62.5 cm³/mol. The van der Waals surface area contributed by atoms with Crippen LogP contribution in [0.3, 0.4) is 0 Å². The third kappa shape index (κ3) is 2.01. The Bertz CT molecular complexity index is 748. The molecule has 92 valence electrons. The Kier molecular flexibility index (Phi) is 2.96. The summed E-state index contributed by atoms with van der Waals surface area (Å²) in [4.78, 5) is 18.8. The van der Waals surface area contributed by atoms with E-state index in [-0.39, 0.29) is 17.0 Å². The van der Waals surface area contributed by atoms with Crippen LogP contribution in [0.4, 0.5) is 0 Å². The molecule has 2 heterocycles. The predicted octanol–water partition coefficient (Wildman–Crippen LogP) is 1.02. The summed E-state index contributed by atoms with van der Waals surface area (Å²) in [5.41, 5.74) is 0.478. The van der Waals surface area contributed by atoms with Crippen molar-refractivity contribution in [3.05, 3.63) is 41.1 Å². The summed E-state index contributed by atoms with van der Waals surface area (Å²) < 4.78 is 1.34. The number of nitrogens with zero attached hydrogens (tertiary/aromatic N) is 5. The zero-order chi connectivity index (χ0) is 14.0. The second kappa shape index (κ2) is 4.59. The number of pyridine rings is 1. The molecule has 1 N–H and O–H groups in total. The number of nitriles is 2. The zero-order valence-corrected chi connectivity index (χ0v) is 9.82. The lowest BCUT2D eigenvalue weighted by Crippen LogP contribution is -2.06. The molecule has 0 aliphatic rings. The highest BCUT2D eigenvalue weighted by atomic mass is 16.4. The van der Waals surface area contributed by atoms with Gasteiger partial charge in [-0.3, -0.25) is 4.57 Å². The van der Waals surface area contributed by atoms with Crippen molar-refractivity contribution in [1.82, 2.24) is 14.5 Å². The first kappa shape index (κ1) is 12.3. The van der Waals surface area contributed by atoms with Crippen molar-refractivity contribution in [2.24, 2.45) is 0 Å². The fourth-order valence-electron chi connectivity index (χ4n) is 1.62. The smallest absolute Gasteiger partial charge is 0.337 e. The van der Waals surface area contributed by atoms with E-state index in [1.807, 2.05) is 6.07 Å². The number of imidazole rings is 1. The maximum Gasteiger partial charge on any atom is 0.337 e. The molecule has 0 amide bonds. The number of rotatable bonds is 2. The zero-order valence-electron chi connectivity index (χ0n) is 9.82.